The first kappa shape index (κ1) is 19.0. The van der Waals surface area contributed by atoms with E-state index in [1.165, 1.54) is 33.5 Å². The van der Waals surface area contributed by atoms with Gasteiger partial charge in [0.2, 0.25) is 5.82 Å². The normalized spacial score (nSPS) is 11.8. The van der Waals surface area contributed by atoms with Crippen LogP contribution in [0.2, 0.25) is 0 Å². The summed E-state index contributed by atoms with van der Waals surface area (Å²) in [7, 11) is 0. The summed E-state index contributed by atoms with van der Waals surface area (Å²) in [6.45, 7) is 3.62. The largest absolute Gasteiger partial charge is 0.333 e. The van der Waals surface area contributed by atoms with Gasteiger partial charge in [0.05, 0.1) is 16.6 Å². The van der Waals surface area contributed by atoms with E-state index >= 15 is 0 Å². The molecular formula is C21H14F3N5O2. The van der Waals surface area contributed by atoms with Gasteiger partial charge < -0.3 is 9.09 Å². The first-order chi connectivity index (χ1) is 14.8. The molecule has 0 unspecified atom stereocenters. The Balaban J connectivity index is 1.76. The van der Waals surface area contributed by atoms with Gasteiger partial charge in [-0.15, -0.1) is 0 Å². The second-order valence-corrected chi connectivity index (χ2v) is 7.26. The molecule has 0 N–H and O–H groups in total. The third-order valence-corrected chi connectivity index (χ3v) is 4.96. The summed E-state index contributed by atoms with van der Waals surface area (Å²) in [6.07, 6.45) is 1.41. The van der Waals surface area contributed by atoms with E-state index in [2.05, 4.69) is 15.1 Å². The molecule has 3 aromatic heterocycles. The number of halogens is 3. The zero-order valence-electron chi connectivity index (χ0n) is 16.3. The van der Waals surface area contributed by atoms with Crippen LogP contribution in [-0.4, -0.2) is 24.1 Å². The smallest absolute Gasteiger partial charge is 0.278 e. The van der Waals surface area contributed by atoms with E-state index in [-0.39, 0.29) is 34.5 Å². The minimum Gasteiger partial charge on any atom is -0.333 e. The Morgan fingerprint density at radius 3 is 2.48 bits per heavy atom. The summed E-state index contributed by atoms with van der Waals surface area (Å²) in [5, 5.41) is 3.83. The van der Waals surface area contributed by atoms with Crippen molar-refractivity contribution in [2.45, 2.75) is 19.9 Å². The molecule has 0 aliphatic rings. The van der Waals surface area contributed by atoms with Gasteiger partial charge in [0, 0.05) is 12.1 Å². The van der Waals surface area contributed by atoms with Crippen LogP contribution in [0.3, 0.4) is 0 Å². The van der Waals surface area contributed by atoms with Crippen molar-refractivity contribution in [3.05, 3.63) is 70.5 Å². The van der Waals surface area contributed by atoms with Gasteiger partial charge in [0.25, 0.3) is 11.4 Å². The molecule has 7 nitrogen and oxygen atoms in total. The minimum atomic E-state index is -0.861. The lowest BCUT2D eigenvalue weighted by Gasteiger charge is -2.15. The van der Waals surface area contributed by atoms with Gasteiger partial charge in [0.15, 0.2) is 0 Å². The predicted octanol–water partition coefficient (Wildman–Crippen LogP) is 4.36. The zero-order valence-corrected chi connectivity index (χ0v) is 16.3. The van der Waals surface area contributed by atoms with Crippen molar-refractivity contribution in [1.82, 2.24) is 24.1 Å². The molecule has 2 aromatic carbocycles. The van der Waals surface area contributed by atoms with Crippen LogP contribution in [0.25, 0.3) is 39.5 Å². The summed E-state index contributed by atoms with van der Waals surface area (Å²) in [5.41, 5.74) is 0.780. The Hall–Kier alpha value is -3.95. The van der Waals surface area contributed by atoms with Crippen LogP contribution < -0.4 is 5.56 Å². The summed E-state index contributed by atoms with van der Waals surface area (Å²) in [6, 6.07) is 6.83. The number of rotatable bonds is 3. The van der Waals surface area contributed by atoms with Crippen LogP contribution in [0, 0.1) is 17.5 Å². The van der Waals surface area contributed by atoms with Gasteiger partial charge >= 0.3 is 0 Å². The van der Waals surface area contributed by atoms with Crippen LogP contribution in [0.4, 0.5) is 13.2 Å². The second kappa shape index (κ2) is 6.79. The number of imidazole rings is 1. The summed E-state index contributed by atoms with van der Waals surface area (Å²) in [5.74, 6) is -2.28. The average Bonchev–Trinajstić information content (AvgIpc) is 3.35. The highest BCUT2D eigenvalue weighted by molar-refractivity contribution is 5.84. The molecule has 0 amide bonds. The van der Waals surface area contributed by atoms with Gasteiger partial charge in [0.1, 0.15) is 35.0 Å². The van der Waals surface area contributed by atoms with Crippen LogP contribution in [-0.2, 0) is 0 Å². The molecular weight excluding hydrogens is 411 g/mol. The maximum Gasteiger partial charge on any atom is 0.278 e. The van der Waals surface area contributed by atoms with Crippen LogP contribution in [0.1, 0.15) is 19.9 Å². The van der Waals surface area contributed by atoms with E-state index in [4.69, 9.17) is 4.52 Å². The molecule has 5 rings (SSSR count). The van der Waals surface area contributed by atoms with Crippen LogP contribution in [0.15, 0.2) is 52.0 Å². The molecule has 0 saturated heterocycles. The first-order valence-corrected chi connectivity index (χ1v) is 9.35. The number of aromatic nitrogens is 5. The fraction of sp³-hybridized carbons (Fsp3) is 0.143. The fourth-order valence-corrected chi connectivity index (χ4v) is 3.62. The molecule has 10 heteroatoms. The van der Waals surface area contributed by atoms with Crippen molar-refractivity contribution < 1.29 is 17.7 Å². The van der Waals surface area contributed by atoms with Crippen molar-refractivity contribution in [3.8, 4) is 23.0 Å². The van der Waals surface area contributed by atoms with E-state index in [1.807, 2.05) is 13.8 Å². The Bertz CT molecular complexity index is 1530. The first-order valence-electron chi connectivity index (χ1n) is 9.35. The second-order valence-electron chi connectivity index (χ2n) is 7.26. The summed E-state index contributed by atoms with van der Waals surface area (Å²) >= 11 is 0. The highest BCUT2D eigenvalue weighted by atomic mass is 19.1. The Labute approximate surface area is 172 Å². The predicted molar refractivity (Wildman–Crippen MR) is 106 cm³/mol. The number of hydrogen-bond donors (Lipinski definition) is 0. The summed E-state index contributed by atoms with van der Waals surface area (Å²) < 4.78 is 49.3. The standard InChI is InChI=1S/C21H14F3N5O2/c1-10(2)29-16-8-12(23)4-6-15(16)28-9-25-17(18(28)21(29)30)19-26-20(31-27-19)13-5-3-11(22)7-14(13)24/h3-10H,1-2H3. The topological polar surface area (TPSA) is 78.2 Å². The highest BCUT2D eigenvalue weighted by Crippen LogP contribution is 2.27. The van der Waals surface area contributed by atoms with E-state index in [9.17, 15) is 18.0 Å². The Kier molecular flexibility index (Phi) is 4.17. The monoisotopic (exact) mass is 425 g/mol. The fourth-order valence-electron chi connectivity index (χ4n) is 3.62. The van der Waals surface area contributed by atoms with E-state index in [0.29, 0.717) is 17.1 Å². The lowest BCUT2D eigenvalue weighted by Crippen LogP contribution is -2.24. The molecule has 0 radical (unpaired) electrons. The van der Waals surface area contributed by atoms with E-state index in [1.54, 1.807) is 6.07 Å². The third kappa shape index (κ3) is 2.90. The summed E-state index contributed by atoms with van der Waals surface area (Å²) in [4.78, 5) is 21.7. The van der Waals surface area contributed by atoms with Crippen LogP contribution >= 0.6 is 0 Å². The maximum atomic E-state index is 14.1. The van der Waals surface area contributed by atoms with Crippen molar-refractivity contribution in [1.29, 1.82) is 0 Å². The molecule has 0 aliphatic heterocycles. The third-order valence-electron chi connectivity index (χ3n) is 4.96. The number of fused-ring (bicyclic) bond motifs is 3. The van der Waals surface area contributed by atoms with Crippen molar-refractivity contribution in [2.75, 3.05) is 0 Å². The van der Waals surface area contributed by atoms with Gasteiger partial charge in [-0.3, -0.25) is 9.20 Å². The zero-order chi connectivity index (χ0) is 21.9. The molecule has 0 spiro atoms. The number of benzene rings is 2. The van der Waals surface area contributed by atoms with Gasteiger partial charge in [-0.25, -0.2) is 18.2 Å². The van der Waals surface area contributed by atoms with Gasteiger partial charge in [-0.2, -0.15) is 4.98 Å². The van der Waals surface area contributed by atoms with E-state index in [0.717, 1.165) is 6.07 Å². The molecule has 0 aliphatic carbocycles. The van der Waals surface area contributed by atoms with Crippen molar-refractivity contribution >= 4 is 16.6 Å². The van der Waals surface area contributed by atoms with Crippen molar-refractivity contribution in [3.63, 3.8) is 0 Å². The Morgan fingerprint density at radius 2 is 1.74 bits per heavy atom. The lowest BCUT2D eigenvalue weighted by atomic mass is 10.2. The number of nitrogens with zero attached hydrogens (tertiary/aromatic N) is 5. The Morgan fingerprint density at radius 1 is 1.00 bits per heavy atom. The molecule has 156 valence electrons. The lowest BCUT2D eigenvalue weighted by molar-refractivity contribution is 0.429. The number of hydrogen-bond acceptors (Lipinski definition) is 5. The maximum absolute atomic E-state index is 14.1. The molecule has 0 fully saturated rings. The van der Waals surface area contributed by atoms with Crippen LogP contribution in [0.5, 0.6) is 0 Å². The molecule has 0 saturated carbocycles. The molecule has 0 atom stereocenters. The minimum absolute atomic E-state index is 0.0323. The van der Waals surface area contributed by atoms with Gasteiger partial charge in [-0.1, -0.05) is 5.16 Å². The van der Waals surface area contributed by atoms with Crippen molar-refractivity contribution in [2.24, 2.45) is 0 Å². The van der Waals surface area contributed by atoms with E-state index < -0.39 is 23.0 Å². The molecule has 5 aromatic rings. The SMILES string of the molecule is CC(C)n1c(=O)c2c(-c3noc(-c4ccc(F)cc4F)n3)ncn2c2ccc(F)cc21. The molecule has 3 heterocycles. The molecule has 0 bridgehead atoms. The average molecular weight is 425 g/mol. The molecule has 31 heavy (non-hydrogen) atoms. The quantitative estimate of drug-likeness (QED) is 0.429. The van der Waals surface area contributed by atoms with Gasteiger partial charge in [-0.05, 0) is 44.2 Å². The highest BCUT2D eigenvalue weighted by Gasteiger charge is 2.23.